The van der Waals surface area contributed by atoms with Gasteiger partial charge in [0.1, 0.15) is 11.9 Å². The molecule has 2 aliphatic heterocycles. The van der Waals surface area contributed by atoms with Crippen molar-refractivity contribution in [3.63, 3.8) is 0 Å². The molecule has 2 heterocycles. The Labute approximate surface area is 178 Å². The number of nitrogens with zero attached hydrogens (tertiary/aromatic N) is 1. The number of phenolic OH excluding ortho intramolecular Hbond substituents is 1. The molecule has 0 aromatic heterocycles. The van der Waals surface area contributed by atoms with Gasteiger partial charge in [-0.3, -0.25) is 4.79 Å². The molecule has 164 valence electrons. The highest BCUT2D eigenvalue weighted by Gasteiger charge is 2.65. The molecule has 0 radical (unpaired) electrons. The number of carbonyl (C=O) groups is 1. The van der Waals surface area contributed by atoms with Gasteiger partial charge in [0.15, 0.2) is 0 Å². The first-order valence-electron chi connectivity index (χ1n) is 11.3. The van der Waals surface area contributed by atoms with Gasteiger partial charge in [-0.15, -0.1) is 0 Å². The lowest BCUT2D eigenvalue weighted by Gasteiger charge is -2.51. The first kappa shape index (κ1) is 20.3. The molecule has 5 rings (SSSR count). The fourth-order valence-electron chi connectivity index (χ4n) is 6.67. The van der Waals surface area contributed by atoms with Gasteiger partial charge in [0, 0.05) is 19.0 Å². The van der Waals surface area contributed by atoms with E-state index < -0.39 is 6.10 Å². The number of fused-ring (bicyclic) bond motifs is 3. The van der Waals surface area contributed by atoms with E-state index in [1.54, 1.807) is 24.3 Å². The molecule has 0 amide bonds. The molecule has 3 unspecified atom stereocenters. The third kappa shape index (κ3) is 3.43. The van der Waals surface area contributed by atoms with Crippen LogP contribution in [0.5, 0.6) is 5.75 Å². The molecule has 6 nitrogen and oxygen atoms in total. The number of hydrogen-bond acceptors (Lipinski definition) is 6. The average molecular weight is 416 g/mol. The molecule has 1 aromatic carbocycles. The Bertz CT molecular complexity index is 806. The minimum atomic E-state index is -0.667. The van der Waals surface area contributed by atoms with Gasteiger partial charge in [0.05, 0.1) is 24.2 Å². The fraction of sp³-hybridized carbons (Fsp3) is 0.708. The van der Waals surface area contributed by atoms with E-state index in [2.05, 4.69) is 6.92 Å². The Hall–Kier alpha value is -1.63. The third-order valence-corrected chi connectivity index (χ3v) is 8.35. The van der Waals surface area contributed by atoms with Crippen molar-refractivity contribution in [1.29, 1.82) is 0 Å². The van der Waals surface area contributed by atoms with Crippen LogP contribution in [0.4, 0.5) is 0 Å². The van der Waals surface area contributed by atoms with Gasteiger partial charge in [-0.05, 0) is 68.2 Å². The summed E-state index contributed by atoms with van der Waals surface area (Å²) in [6.07, 6.45) is 4.88. The van der Waals surface area contributed by atoms with Crippen molar-refractivity contribution in [2.75, 3.05) is 26.7 Å². The maximum atomic E-state index is 12.8. The van der Waals surface area contributed by atoms with Gasteiger partial charge >= 0.3 is 5.97 Å². The van der Waals surface area contributed by atoms with Crippen molar-refractivity contribution in [1.82, 2.24) is 4.90 Å². The largest absolute Gasteiger partial charge is 0.508 e. The quantitative estimate of drug-likeness (QED) is 0.568. The smallest absolute Gasteiger partial charge is 0.310 e. The van der Waals surface area contributed by atoms with Crippen molar-refractivity contribution in [2.24, 2.45) is 23.2 Å². The van der Waals surface area contributed by atoms with Crippen LogP contribution in [0.2, 0.25) is 0 Å². The lowest BCUT2D eigenvalue weighted by Crippen LogP contribution is -2.51. The maximum absolute atomic E-state index is 12.8. The van der Waals surface area contributed by atoms with Gasteiger partial charge in [0.25, 0.3) is 0 Å². The number of epoxide rings is 1. The molecule has 2 aliphatic carbocycles. The van der Waals surface area contributed by atoms with Crippen LogP contribution in [0, 0.1) is 23.2 Å². The molecular weight excluding hydrogens is 382 g/mol. The highest BCUT2D eigenvalue weighted by Crippen LogP contribution is 2.62. The molecule has 2 saturated heterocycles. The summed E-state index contributed by atoms with van der Waals surface area (Å²) in [7, 11) is 1.95. The predicted molar refractivity (Wildman–Crippen MR) is 111 cm³/mol. The molecule has 1 aromatic rings. The number of ether oxygens (including phenoxy) is 2. The number of hydrogen-bond donors (Lipinski definition) is 2. The number of aliphatic hydroxyl groups excluding tert-OH is 1. The highest BCUT2D eigenvalue weighted by molar-refractivity contribution is 5.75. The van der Waals surface area contributed by atoms with Gasteiger partial charge in [0.2, 0.25) is 0 Å². The molecule has 4 fully saturated rings. The Morgan fingerprint density at radius 1 is 1.27 bits per heavy atom. The molecular formula is C24H33NO5. The van der Waals surface area contributed by atoms with E-state index in [-0.39, 0.29) is 40.7 Å². The standard InChI is InChI=1S/C24H33NO5/c1-23-8-3-9-24(14-29-24)21(23)10-17-18(22(28)30-20(17)11-23)12-25(2)13-19(27)15-4-6-16(26)7-5-15/h4-7,17-21,26-27H,3,8-14H2,1-2H3/t17-,18?,19?,20-,21-,23-,24?/m1/s1. The number of phenols is 1. The second kappa shape index (κ2) is 7.21. The van der Waals surface area contributed by atoms with Gasteiger partial charge < -0.3 is 24.6 Å². The summed E-state index contributed by atoms with van der Waals surface area (Å²) in [6.45, 7) is 4.27. The monoisotopic (exact) mass is 415 g/mol. The number of carbonyl (C=O) groups excluding carboxylic acids is 1. The third-order valence-electron chi connectivity index (χ3n) is 8.35. The lowest BCUT2D eigenvalue weighted by molar-refractivity contribution is -0.147. The van der Waals surface area contributed by atoms with Crippen LogP contribution in [0.25, 0.3) is 0 Å². The van der Waals surface area contributed by atoms with E-state index in [4.69, 9.17) is 9.47 Å². The van der Waals surface area contributed by atoms with E-state index in [0.29, 0.717) is 19.0 Å². The lowest BCUT2D eigenvalue weighted by atomic mass is 9.53. The number of aromatic hydroxyl groups is 1. The van der Waals surface area contributed by atoms with Crippen molar-refractivity contribution in [2.45, 2.75) is 56.8 Å². The number of likely N-dealkylation sites (N-methyl/N-ethyl adjacent to an activating group) is 1. The summed E-state index contributed by atoms with van der Waals surface area (Å²) in [6, 6.07) is 6.62. The summed E-state index contributed by atoms with van der Waals surface area (Å²) in [4.78, 5) is 14.8. The molecule has 4 aliphatic rings. The van der Waals surface area contributed by atoms with Gasteiger partial charge in [-0.2, -0.15) is 0 Å². The zero-order valence-electron chi connectivity index (χ0n) is 17.9. The predicted octanol–water partition coefficient (Wildman–Crippen LogP) is 2.88. The molecule has 7 atom stereocenters. The summed E-state index contributed by atoms with van der Waals surface area (Å²) >= 11 is 0. The summed E-state index contributed by atoms with van der Waals surface area (Å²) in [5, 5.41) is 20.0. The average Bonchev–Trinajstić information content (AvgIpc) is 3.40. The van der Waals surface area contributed by atoms with Crippen molar-refractivity contribution >= 4 is 5.97 Å². The first-order chi connectivity index (χ1) is 14.3. The SMILES string of the molecule is CN(CC(O)c1ccc(O)cc1)CC1C(=O)O[C@@H]2C[C@@]3(C)CCCC4(CO4)[C@@H]3C[C@H]12. The van der Waals surface area contributed by atoms with Crippen LogP contribution in [0.3, 0.4) is 0 Å². The van der Waals surface area contributed by atoms with Crippen molar-refractivity contribution in [3.05, 3.63) is 29.8 Å². The Morgan fingerprint density at radius 2 is 2.00 bits per heavy atom. The van der Waals surface area contributed by atoms with E-state index in [1.165, 1.54) is 12.8 Å². The Balaban J connectivity index is 1.26. The van der Waals surface area contributed by atoms with Gasteiger partial charge in [-0.25, -0.2) is 0 Å². The normalized spacial score (nSPS) is 40.7. The minimum Gasteiger partial charge on any atom is -0.508 e. The molecule has 6 heteroatoms. The van der Waals surface area contributed by atoms with Gasteiger partial charge in [-0.1, -0.05) is 19.1 Å². The van der Waals surface area contributed by atoms with Crippen molar-refractivity contribution < 1.29 is 24.5 Å². The van der Waals surface area contributed by atoms with E-state index in [1.807, 2.05) is 11.9 Å². The van der Waals surface area contributed by atoms with Crippen LogP contribution >= 0.6 is 0 Å². The minimum absolute atomic E-state index is 0.0214. The Kier molecular flexibility index (Phi) is 4.88. The van der Waals surface area contributed by atoms with Crippen LogP contribution in [0.1, 0.15) is 50.7 Å². The first-order valence-corrected chi connectivity index (χ1v) is 11.3. The fourth-order valence-corrected chi connectivity index (χ4v) is 6.67. The Morgan fingerprint density at radius 3 is 2.70 bits per heavy atom. The summed E-state index contributed by atoms with van der Waals surface area (Å²) < 4.78 is 11.9. The van der Waals surface area contributed by atoms with Crippen LogP contribution in [-0.4, -0.2) is 59.5 Å². The van der Waals surface area contributed by atoms with Crippen molar-refractivity contribution in [3.8, 4) is 5.75 Å². The van der Waals surface area contributed by atoms with E-state index >= 15 is 0 Å². The molecule has 2 N–H and O–H groups in total. The van der Waals surface area contributed by atoms with Crippen LogP contribution in [0.15, 0.2) is 24.3 Å². The molecule has 30 heavy (non-hydrogen) atoms. The van der Waals surface area contributed by atoms with Crippen LogP contribution < -0.4 is 0 Å². The molecule has 1 spiro atoms. The van der Waals surface area contributed by atoms with Crippen LogP contribution in [-0.2, 0) is 14.3 Å². The number of rotatable bonds is 5. The number of esters is 1. The highest BCUT2D eigenvalue weighted by atomic mass is 16.6. The summed E-state index contributed by atoms with van der Waals surface area (Å²) in [5.74, 6) is 0.717. The zero-order chi connectivity index (χ0) is 21.1. The van der Waals surface area contributed by atoms with E-state index in [9.17, 15) is 15.0 Å². The topological polar surface area (TPSA) is 82.5 Å². The second-order valence-corrected chi connectivity index (χ2v) is 10.4. The number of aliphatic hydroxyl groups is 1. The maximum Gasteiger partial charge on any atom is 0.310 e. The molecule has 2 saturated carbocycles. The summed E-state index contributed by atoms with van der Waals surface area (Å²) in [5.41, 5.74) is 1.04. The molecule has 0 bridgehead atoms. The zero-order valence-corrected chi connectivity index (χ0v) is 17.9. The second-order valence-electron chi connectivity index (χ2n) is 10.4. The van der Waals surface area contributed by atoms with E-state index in [0.717, 1.165) is 31.4 Å². The number of benzene rings is 1.